The van der Waals surface area contributed by atoms with Gasteiger partial charge in [0.15, 0.2) is 15.1 Å². The van der Waals surface area contributed by atoms with Crippen LogP contribution in [0.2, 0.25) is 0 Å². The van der Waals surface area contributed by atoms with E-state index in [0.29, 0.717) is 6.42 Å². The highest BCUT2D eigenvalue weighted by atomic mass is 32.2. The molecule has 1 N–H and O–H groups in total. The Hall–Kier alpha value is -0.580. The molecule has 11 heavy (non-hydrogen) atoms. The van der Waals surface area contributed by atoms with Crippen molar-refractivity contribution in [3.8, 4) is 0 Å². The number of carboxylic acid groups (broad SMARTS) is 1. The van der Waals surface area contributed by atoms with E-state index in [9.17, 15) is 13.2 Å². The van der Waals surface area contributed by atoms with Crippen molar-refractivity contribution < 1.29 is 18.3 Å². The van der Waals surface area contributed by atoms with Crippen molar-refractivity contribution in [2.24, 2.45) is 5.92 Å². The average molecular weight is 178 g/mol. The van der Waals surface area contributed by atoms with Crippen LogP contribution in [0.5, 0.6) is 0 Å². The first-order chi connectivity index (χ1) is 4.95. The SMILES string of the molecule is CC1CCS(=O)(=O)C1C(=O)O. The van der Waals surface area contributed by atoms with Gasteiger partial charge in [0.05, 0.1) is 5.75 Å². The van der Waals surface area contributed by atoms with Gasteiger partial charge in [-0.05, 0) is 12.3 Å². The number of aliphatic carboxylic acids is 1. The molecular weight excluding hydrogens is 168 g/mol. The van der Waals surface area contributed by atoms with E-state index in [1.165, 1.54) is 0 Å². The van der Waals surface area contributed by atoms with Gasteiger partial charge in [-0.3, -0.25) is 4.79 Å². The van der Waals surface area contributed by atoms with Gasteiger partial charge < -0.3 is 5.11 Å². The van der Waals surface area contributed by atoms with E-state index in [2.05, 4.69) is 0 Å². The first-order valence-corrected chi connectivity index (χ1v) is 5.11. The van der Waals surface area contributed by atoms with Crippen LogP contribution in [-0.2, 0) is 14.6 Å². The van der Waals surface area contributed by atoms with E-state index >= 15 is 0 Å². The van der Waals surface area contributed by atoms with Crippen LogP contribution in [0, 0.1) is 5.92 Å². The molecule has 0 spiro atoms. The Morgan fingerprint density at radius 1 is 1.55 bits per heavy atom. The molecule has 2 unspecified atom stereocenters. The average Bonchev–Trinajstić information content (AvgIpc) is 2.06. The highest BCUT2D eigenvalue weighted by Gasteiger charge is 2.42. The Kier molecular flexibility index (Phi) is 1.92. The lowest BCUT2D eigenvalue weighted by molar-refractivity contribution is -0.137. The van der Waals surface area contributed by atoms with Crippen molar-refractivity contribution in [1.82, 2.24) is 0 Å². The fraction of sp³-hybridized carbons (Fsp3) is 0.833. The van der Waals surface area contributed by atoms with Gasteiger partial charge in [-0.25, -0.2) is 8.42 Å². The number of hydrogen-bond acceptors (Lipinski definition) is 3. The zero-order valence-corrected chi connectivity index (χ0v) is 6.97. The standard InChI is InChI=1S/C6H10O4S/c1-4-2-3-11(9,10)5(4)6(7)8/h4-5H,2-3H2,1H3,(H,7,8). The van der Waals surface area contributed by atoms with Crippen molar-refractivity contribution in [2.45, 2.75) is 18.6 Å². The molecule has 5 heteroatoms. The summed E-state index contributed by atoms with van der Waals surface area (Å²) in [6.45, 7) is 1.66. The van der Waals surface area contributed by atoms with Gasteiger partial charge in [-0.1, -0.05) is 6.92 Å². The summed E-state index contributed by atoms with van der Waals surface area (Å²) in [6.07, 6.45) is 0.472. The van der Waals surface area contributed by atoms with Crippen LogP contribution < -0.4 is 0 Å². The number of sulfone groups is 1. The zero-order chi connectivity index (χ0) is 8.65. The van der Waals surface area contributed by atoms with E-state index < -0.39 is 21.1 Å². The summed E-state index contributed by atoms with van der Waals surface area (Å²) in [4.78, 5) is 10.4. The fourth-order valence-corrected chi connectivity index (χ4v) is 3.48. The predicted molar refractivity (Wildman–Crippen MR) is 39.0 cm³/mol. The normalized spacial score (nSPS) is 35.4. The predicted octanol–water partition coefficient (Wildman–Crippen LogP) is -0.106. The quantitative estimate of drug-likeness (QED) is 0.608. The lowest BCUT2D eigenvalue weighted by Gasteiger charge is -2.07. The first kappa shape index (κ1) is 8.52. The van der Waals surface area contributed by atoms with Crippen LogP contribution >= 0.6 is 0 Å². The van der Waals surface area contributed by atoms with Crippen LogP contribution in [0.3, 0.4) is 0 Å². The highest BCUT2D eigenvalue weighted by molar-refractivity contribution is 7.93. The van der Waals surface area contributed by atoms with Gasteiger partial charge in [0, 0.05) is 0 Å². The van der Waals surface area contributed by atoms with Crippen LogP contribution in [0.1, 0.15) is 13.3 Å². The molecule has 0 aromatic heterocycles. The molecular formula is C6H10O4S. The molecule has 1 heterocycles. The molecule has 1 saturated heterocycles. The van der Waals surface area contributed by atoms with Crippen LogP contribution in [0.15, 0.2) is 0 Å². The molecule has 0 bridgehead atoms. The Balaban J connectivity index is 2.99. The summed E-state index contributed by atoms with van der Waals surface area (Å²) in [5, 5.41) is 7.38. The van der Waals surface area contributed by atoms with Gasteiger partial charge in [-0.15, -0.1) is 0 Å². The maximum absolute atomic E-state index is 11.0. The molecule has 0 aliphatic carbocycles. The molecule has 0 saturated carbocycles. The van der Waals surface area contributed by atoms with Crippen LogP contribution in [0.25, 0.3) is 0 Å². The zero-order valence-electron chi connectivity index (χ0n) is 6.15. The number of carboxylic acids is 1. The fourth-order valence-electron chi connectivity index (χ4n) is 1.38. The van der Waals surface area contributed by atoms with Crippen molar-refractivity contribution in [3.05, 3.63) is 0 Å². The molecule has 0 aromatic carbocycles. The van der Waals surface area contributed by atoms with Crippen LogP contribution in [-0.4, -0.2) is 30.5 Å². The minimum Gasteiger partial charge on any atom is -0.480 e. The molecule has 4 nitrogen and oxygen atoms in total. The first-order valence-electron chi connectivity index (χ1n) is 3.39. The second-order valence-corrected chi connectivity index (χ2v) is 5.13. The van der Waals surface area contributed by atoms with E-state index in [0.717, 1.165) is 0 Å². The van der Waals surface area contributed by atoms with Crippen molar-refractivity contribution in [2.75, 3.05) is 5.75 Å². The summed E-state index contributed by atoms with van der Waals surface area (Å²) in [5.74, 6) is -1.43. The topological polar surface area (TPSA) is 71.4 Å². The molecule has 1 aliphatic heterocycles. The minimum atomic E-state index is -3.34. The monoisotopic (exact) mass is 178 g/mol. The van der Waals surface area contributed by atoms with Gasteiger partial charge in [0.2, 0.25) is 0 Å². The molecule has 1 aliphatic rings. The lowest BCUT2D eigenvalue weighted by atomic mass is 10.1. The largest absolute Gasteiger partial charge is 0.480 e. The Labute approximate surface area is 65.1 Å². The van der Waals surface area contributed by atoms with E-state index in [-0.39, 0.29) is 11.7 Å². The number of hydrogen-bond donors (Lipinski definition) is 1. The Bertz CT molecular complexity index is 266. The number of rotatable bonds is 1. The maximum atomic E-state index is 11.0. The van der Waals surface area contributed by atoms with E-state index in [4.69, 9.17) is 5.11 Å². The Morgan fingerprint density at radius 3 is 2.27 bits per heavy atom. The molecule has 1 fully saturated rings. The van der Waals surface area contributed by atoms with Gasteiger partial charge in [-0.2, -0.15) is 0 Å². The van der Waals surface area contributed by atoms with Crippen molar-refractivity contribution >= 4 is 15.8 Å². The summed E-state index contributed by atoms with van der Waals surface area (Å²) < 4.78 is 22.1. The second-order valence-electron chi connectivity index (χ2n) is 2.89. The molecule has 0 radical (unpaired) electrons. The summed E-state index contributed by atoms with van der Waals surface area (Å²) >= 11 is 0. The van der Waals surface area contributed by atoms with Gasteiger partial charge in [0.25, 0.3) is 0 Å². The summed E-state index contributed by atoms with van der Waals surface area (Å²) in [6, 6.07) is 0. The third kappa shape index (κ3) is 1.38. The molecule has 2 atom stereocenters. The third-order valence-corrected chi connectivity index (χ3v) is 4.25. The van der Waals surface area contributed by atoms with Crippen LogP contribution in [0.4, 0.5) is 0 Å². The maximum Gasteiger partial charge on any atom is 0.322 e. The minimum absolute atomic E-state index is 0.0190. The highest BCUT2D eigenvalue weighted by Crippen LogP contribution is 2.26. The summed E-state index contributed by atoms with van der Waals surface area (Å²) in [5.41, 5.74) is 0. The van der Waals surface area contributed by atoms with Gasteiger partial charge >= 0.3 is 5.97 Å². The lowest BCUT2D eigenvalue weighted by Crippen LogP contribution is -2.30. The smallest absolute Gasteiger partial charge is 0.322 e. The molecule has 1 rings (SSSR count). The van der Waals surface area contributed by atoms with E-state index in [1.807, 2.05) is 0 Å². The van der Waals surface area contributed by atoms with Crippen molar-refractivity contribution in [1.29, 1.82) is 0 Å². The third-order valence-electron chi connectivity index (χ3n) is 2.00. The van der Waals surface area contributed by atoms with E-state index in [1.54, 1.807) is 6.92 Å². The van der Waals surface area contributed by atoms with Crippen molar-refractivity contribution in [3.63, 3.8) is 0 Å². The number of carbonyl (C=O) groups is 1. The molecule has 0 aromatic rings. The Morgan fingerprint density at radius 2 is 2.09 bits per heavy atom. The molecule has 64 valence electrons. The van der Waals surface area contributed by atoms with Gasteiger partial charge in [0.1, 0.15) is 0 Å². The second kappa shape index (κ2) is 2.48. The summed E-state index contributed by atoms with van der Waals surface area (Å²) in [7, 11) is -3.34. The molecule has 0 amide bonds.